The van der Waals surface area contributed by atoms with Crippen LogP contribution in [0.15, 0.2) is 125 Å². The Bertz CT molecular complexity index is 3180. The quantitative estimate of drug-likeness (QED) is 0.0946. The highest BCUT2D eigenvalue weighted by Gasteiger charge is 2.18. The van der Waals surface area contributed by atoms with E-state index in [1.807, 2.05) is 88.8 Å². The summed E-state index contributed by atoms with van der Waals surface area (Å²) in [5.74, 6) is -0.957. The molecule has 8 aromatic rings. The number of hydrogen-bond donors (Lipinski definition) is 3. The maximum atomic E-state index is 12.9. The van der Waals surface area contributed by atoms with Gasteiger partial charge in [0.05, 0.1) is 63.9 Å². The predicted molar refractivity (Wildman–Crippen MR) is 298 cm³/mol. The Kier molecular flexibility index (Phi) is 20.8. The molecule has 0 saturated carbocycles. The van der Waals surface area contributed by atoms with E-state index in [4.69, 9.17) is 30.0 Å². The number of aromatic nitrogens is 7. The van der Waals surface area contributed by atoms with E-state index in [0.717, 1.165) is 160 Å². The van der Waals surface area contributed by atoms with Crippen LogP contribution in [0, 0.1) is 6.92 Å². The van der Waals surface area contributed by atoms with E-state index in [2.05, 4.69) is 79.0 Å². The zero-order chi connectivity index (χ0) is 53.2. The highest BCUT2D eigenvalue weighted by Crippen LogP contribution is 2.31. The van der Waals surface area contributed by atoms with Crippen LogP contribution >= 0.6 is 31.9 Å². The molecule has 3 aliphatic heterocycles. The summed E-state index contributed by atoms with van der Waals surface area (Å²) in [4.78, 5) is 60.3. The van der Waals surface area contributed by atoms with E-state index in [1.165, 1.54) is 10.6 Å². The van der Waals surface area contributed by atoms with Gasteiger partial charge in [0, 0.05) is 111 Å². The third-order valence-corrected chi connectivity index (χ3v) is 13.9. The molecule has 7 aromatic heterocycles. The fourth-order valence-electron chi connectivity index (χ4n) is 8.90. The average Bonchev–Trinajstić information content (AvgIpc) is 4.20. The summed E-state index contributed by atoms with van der Waals surface area (Å²) in [6.45, 7) is 16.8. The van der Waals surface area contributed by atoms with Gasteiger partial charge in [-0.3, -0.25) is 42.5 Å². The van der Waals surface area contributed by atoms with Crippen LogP contribution in [0.1, 0.15) is 50.0 Å². The molecule has 4 N–H and O–H groups in total. The number of nitrogens with two attached hydrogens (primary N) is 1. The van der Waals surface area contributed by atoms with Crippen LogP contribution in [0.2, 0.25) is 0 Å². The van der Waals surface area contributed by atoms with Gasteiger partial charge in [-0.1, -0.05) is 30.3 Å². The highest BCUT2D eigenvalue weighted by atomic mass is 79.9. The number of carbonyl (C=O) groups excluding carboxylic acids is 2. The Morgan fingerprint density at radius 3 is 1.70 bits per heavy atom. The average molecular weight is 1170 g/mol. The Morgan fingerprint density at radius 2 is 1.12 bits per heavy atom. The third-order valence-electron chi connectivity index (χ3n) is 12.9. The van der Waals surface area contributed by atoms with Gasteiger partial charge in [0.25, 0.3) is 5.91 Å². The van der Waals surface area contributed by atoms with Crippen LogP contribution in [0.3, 0.4) is 0 Å². The van der Waals surface area contributed by atoms with Crippen LogP contribution in [0.4, 0.5) is 0 Å². The molecule has 3 saturated heterocycles. The number of imidazole rings is 3. The van der Waals surface area contributed by atoms with Crippen molar-refractivity contribution in [1.29, 1.82) is 0 Å². The van der Waals surface area contributed by atoms with Gasteiger partial charge in [0.1, 0.15) is 28.3 Å². The first-order valence-corrected chi connectivity index (χ1v) is 27.0. The topological polar surface area (TPSA) is 212 Å². The molecular weight excluding hydrogens is 1100 g/mol. The van der Waals surface area contributed by atoms with E-state index in [-0.39, 0.29) is 17.4 Å². The Balaban J connectivity index is 0.000000151. The minimum absolute atomic E-state index is 0.124. The van der Waals surface area contributed by atoms with Crippen molar-refractivity contribution in [1.82, 2.24) is 53.2 Å². The molecule has 0 unspecified atom stereocenters. The molecule has 10 heterocycles. The molecule has 400 valence electrons. The second kappa shape index (κ2) is 28.2. The molecule has 11 rings (SSSR count). The number of aryl methyl sites for hydroxylation is 1. The summed E-state index contributed by atoms with van der Waals surface area (Å²) < 4.78 is 22.9. The molecule has 0 bridgehead atoms. The molecule has 0 atom stereocenters. The number of benzene rings is 1. The number of carboxylic acids is 1. The first-order valence-electron chi connectivity index (χ1n) is 25.5. The number of nitrogens with one attached hydrogen (secondary N) is 1. The zero-order valence-electron chi connectivity index (χ0n) is 42.6. The van der Waals surface area contributed by atoms with E-state index < -0.39 is 5.97 Å². The van der Waals surface area contributed by atoms with E-state index in [1.54, 1.807) is 24.7 Å². The normalized spacial score (nSPS) is 15.3. The predicted octanol–water partition coefficient (Wildman–Crippen LogP) is 6.90. The number of amides is 1. The van der Waals surface area contributed by atoms with Crippen molar-refractivity contribution >= 4 is 66.5 Å². The first kappa shape index (κ1) is 55.9. The molecule has 19 nitrogen and oxygen atoms in total. The van der Waals surface area contributed by atoms with Crippen LogP contribution in [0.5, 0.6) is 0 Å². The molecule has 1 amide bonds. The van der Waals surface area contributed by atoms with Crippen LogP contribution in [0.25, 0.3) is 39.3 Å². The number of ketones is 1. The summed E-state index contributed by atoms with van der Waals surface area (Å²) in [7, 11) is 0. The van der Waals surface area contributed by atoms with Crippen molar-refractivity contribution in [2.45, 2.75) is 19.8 Å². The van der Waals surface area contributed by atoms with E-state index >= 15 is 0 Å². The monoisotopic (exact) mass is 1160 g/mol. The van der Waals surface area contributed by atoms with Gasteiger partial charge in [-0.05, 0) is 111 Å². The summed E-state index contributed by atoms with van der Waals surface area (Å²) in [6.07, 6.45) is 11.6. The largest absolute Gasteiger partial charge is 0.477 e. The number of halogens is 2. The molecule has 3 fully saturated rings. The zero-order valence-corrected chi connectivity index (χ0v) is 45.8. The summed E-state index contributed by atoms with van der Waals surface area (Å²) >= 11 is 6.69. The lowest BCUT2D eigenvalue weighted by atomic mass is 9.98. The van der Waals surface area contributed by atoms with Gasteiger partial charge in [-0.25, -0.2) is 19.7 Å². The number of aromatic carboxylic acids is 1. The minimum atomic E-state index is -0.981. The van der Waals surface area contributed by atoms with Crippen molar-refractivity contribution in [3.05, 3.63) is 148 Å². The third kappa shape index (κ3) is 15.4. The molecule has 0 radical (unpaired) electrons. The number of morpholine rings is 3. The van der Waals surface area contributed by atoms with Gasteiger partial charge in [-0.15, -0.1) is 0 Å². The van der Waals surface area contributed by atoms with Gasteiger partial charge in [0.2, 0.25) is 0 Å². The van der Waals surface area contributed by atoms with Crippen molar-refractivity contribution in [3.63, 3.8) is 0 Å². The van der Waals surface area contributed by atoms with Crippen molar-refractivity contribution < 1.29 is 33.7 Å². The number of rotatable bonds is 14. The molecule has 21 heteroatoms. The van der Waals surface area contributed by atoms with Gasteiger partial charge >= 0.3 is 5.97 Å². The number of pyridine rings is 4. The standard InChI is InChI=1S/C26H27N5O2.C15H18BrN3O2.C8H5BrN2O2.C6H14N2O/c1-19-5-4-8-23(29-19)22-7-3-2-6-21(22)20-9-10-25-28-17-24(31(25)18-20)26(32)27-11-12-30-13-15-33-16-14-30;16-12-3-4-15-17-10-13(19(15)11-12)14(20)2-1-5-18-6-8-21-9-7-18;9-5-1-2-7-10-3-6(8(12)13)11(7)4-5;7-1-2-8-3-5-9-6-4-8/h2-10,17-18H,11-16H2,1H3,(H,27,32);3-4,10-11H,1-2,5-9H2;1-4H,(H,12,13);1-7H2. The van der Waals surface area contributed by atoms with Crippen LogP contribution in [-0.4, -0.2) is 182 Å². The second-order valence-electron chi connectivity index (χ2n) is 18.2. The van der Waals surface area contributed by atoms with Gasteiger partial charge < -0.3 is 30.4 Å². The Morgan fingerprint density at radius 1 is 0.605 bits per heavy atom. The lowest BCUT2D eigenvalue weighted by Crippen LogP contribution is -2.41. The van der Waals surface area contributed by atoms with Crippen molar-refractivity contribution in [2.75, 3.05) is 112 Å². The van der Waals surface area contributed by atoms with Crippen molar-refractivity contribution in [3.8, 4) is 22.4 Å². The number of Topliss-reactive ketones (excluding diaryl/α,β-unsaturated/α-hetero) is 1. The summed E-state index contributed by atoms with van der Waals surface area (Å²) in [6, 6.07) is 25.6. The van der Waals surface area contributed by atoms with Crippen LogP contribution < -0.4 is 11.1 Å². The maximum Gasteiger partial charge on any atom is 0.354 e. The number of hydrogen-bond acceptors (Lipinski definition) is 14. The lowest BCUT2D eigenvalue weighted by Gasteiger charge is -2.26. The molecule has 0 aliphatic carbocycles. The van der Waals surface area contributed by atoms with Crippen molar-refractivity contribution in [2.24, 2.45) is 5.73 Å². The number of fused-ring (bicyclic) bond motifs is 3. The first-order chi connectivity index (χ1) is 37.0. The van der Waals surface area contributed by atoms with Crippen LogP contribution in [-0.2, 0) is 14.2 Å². The highest BCUT2D eigenvalue weighted by molar-refractivity contribution is 9.10. The number of ether oxygens (including phenoxy) is 3. The molecule has 0 spiro atoms. The molecule has 76 heavy (non-hydrogen) atoms. The van der Waals surface area contributed by atoms with E-state index in [9.17, 15) is 14.4 Å². The molecule has 1 aromatic carbocycles. The number of carboxylic acid groups (broad SMARTS) is 1. The fourth-order valence-corrected chi connectivity index (χ4v) is 9.57. The summed E-state index contributed by atoms with van der Waals surface area (Å²) in [5, 5.41) is 11.8. The van der Waals surface area contributed by atoms with Gasteiger partial charge in [-0.2, -0.15) is 0 Å². The smallest absolute Gasteiger partial charge is 0.354 e. The Hall–Kier alpha value is -6.27. The van der Waals surface area contributed by atoms with Gasteiger partial charge in [0.15, 0.2) is 11.5 Å². The molecular formula is C55H64Br2N12O7. The SMILES string of the molecule is Cc1cccc(-c2ccccc2-c2ccc3ncc(C(=O)NCCN4CCOCC4)n3c2)n1.NCCN1CCOCC1.O=C(CCCN1CCOCC1)c1cnc2ccc(Br)cn12.O=C(O)c1cnc2ccc(Br)cn12. The van der Waals surface area contributed by atoms with E-state index in [0.29, 0.717) is 30.0 Å². The minimum Gasteiger partial charge on any atom is -0.477 e. The fraction of sp³-hybridized carbons (Fsp3) is 0.364. The lowest BCUT2D eigenvalue weighted by molar-refractivity contribution is 0.0371. The Labute approximate surface area is 458 Å². The second-order valence-corrected chi connectivity index (χ2v) is 20.0. The number of carbonyl (C=O) groups is 3. The maximum absolute atomic E-state index is 12.9. The summed E-state index contributed by atoms with van der Waals surface area (Å²) in [5.41, 5.74) is 13.9. The molecule has 3 aliphatic rings. The number of nitrogens with zero attached hydrogens (tertiary/aromatic N) is 10.